The van der Waals surface area contributed by atoms with Crippen molar-refractivity contribution in [1.82, 2.24) is 0 Å². The third kappa shape index (κ3) is 3.97. The molecule has 0 radical (unpaired) electrons. The SMILES string of the molecule is C#CCOc1ccc(C(=O)CC(=O)c2ccc(O)cc2)cc1. The Balaban J connectivity index is 2.01. The van der Waals surface area contributed by atoms with Crippen LogP contribution in [0.25, 0.3) is 0 Å². The van der Waals surface area contributed by atoms with E-state index in [9.17, 15) is 14.7 Å². The molecule has 2 aromatic carbocycles. The van der Waals surface area contributed by atoms with Gasteiger partial charge in [-0.3, -0.25) is 9.59 Å². The Morgan fingerprint density at radius 1 is 0.955 bits per heavy atom. The first-order chi connectivity index (χ1) is 10.6. The molecule has 110 valence electrons. The molecule has 0 aromatic heterocycles. The minimum Gasteiger partial charge on any atom is -0.508 e. The van der Waals surface area contributed by atoms with E-state index in [1.165, 1.54) is 24.3 Å². The number of carbonyl (C=O) groups is 2. The Labute approximate surface area is 128 Å². The topological polar surface area (TPSA) is 63.6 Å². The zero-order chi connectivity index (χ0) is 15.9. The number of aromatic hydroxyl groups is 1. The quantitative estimate of drug-likeness (QED) is 0.505. The largest absolute Gasteiger partial charge is 0.508 e. The normalized spacial score (nSPS) is 9.77. The summed E-state index contributed by atoms with van der Waals surface area (Å²) in [7, 11) is 0. The monoisotopic (exact) mass is 294 g/mol. The highest BCUT2D eigenvalue weighted by atomic mass is 16.5. The predicted molar refractivity (Wildman–Crippen MR) is 82.2 cm³/mol. The van der Waals surface area contributed by atoms with Crippen LogP contribution in [0.5, 0.6) is 11.5 Å². The summed E-state index contributed by atoms with van der Waals surface area (Å²) >= 11 is 0. The van der Waals surface area contributed by atoms with Gasteiger partial charge in [0.25, 0.3) is 0 Å². The molecular weight excluding hydrogens is 280 g/mol. The van der Waals surface area contributed by atoms with Crippen molar-refractivity contribution in [3.8, 4) is 23.8 Å². The highest BCUT2D eigenvalue weighted by Crippen LogP contribution is 2.16. The second-order valence-electron chi connectivity index (χ2n) is 4.59. The molecule has 0 fully saturated rings. The van der Waals surface area contributed by atoms with Crippen molar-refractivity contribution in [3.05, 3.63) is 59.7 Å². The van der Waals surface area contributed by atoms with E-state index in [1.807, 2.05) is 0 Å². The molecule has 1 N–H and O–H groups in total. The summed E-state index contributed by atoms with van der Waals surface area (Å²) in [5.41, 5.74) is 0.820. The van der Waals surface area contributed by atoms with Gasteiger partial charge in [0.15, 0.2) is 11.6 Å². The van der Waals surface area contributed by atoms with Crippen LogP contribution in [0.15, 0.2) is 48.5 Å². The molecule has 0 amide bonds. The summed E-state index contributed by atoms with van der Waals surface area (Å²) in [4.78, 5) is 24.1. The van der Waals surface area contributed by atoms with Crippen molar-refractivity contribution in [2.75, 3.05) is 6.61 Å². The second kappa shape index (κ2) is 7.09. The van der Waals surface area contributed by atoms with E-state index in [0.717, 1.165) is 0 Å². The van der Waals surface area contributed by atoms with Crippen molar-refractivity contribution < 1.29 is 19.4 Å². The molecule has 0 bridgehead atoms. The molecule has 0 aliphatic rings. The van der Waals surface area contributed by atoms with Crippen LogP contribution >= 0.6 is 0 Å². The highest BCUT2D eigenvalue weighted by molar-refractivity contribution is 6.13. The molecular formula is C18H14O4. The van der Waals surface area contributed by atoms with Crippen LogP contribution in [-0.4, -0.2) is 23.3 Å². The number of ketones is 2. The van der Waals surface area contributed by atoms with Crippen LogP contribution < -0.4 is 4.74 Å². The summed E-state index contributed by atoms with van der Waals surface area (Å²) in [5, 5.41) is 9.18. The van der Waals surface area contributed by atoms with Gasteiger partial charge in [-0.25, -0.2) is 0 Å². The predicted octanol–water partition coefficient (Wildman–Crippen LogP) is 2.86. The lowest BCUT2D eigenvalue weighted by Gasteiger charge is -2.04. The van der Waals surface area contributed by atoms with Gasteiger partial charge in [-0.1, -0.05) is 5.92 Å². The number of terminal acetylenes is 1. The van der Waals surface area contributed by atoms with Gasteiger partial charge < -0.3 is 9.84 Å². The zero-order valence-electron chi connectivity index (χ0n) is 11.8. The maximum Gasteiger partial charge on any atom is 0.170 e. The number of carbonyl (C=O) groups excluding carboxylic acids is 2. The van der Waals surface area contributed by atoms with Gasteiger partial charge in [-0.15, -0.1) is 6.42 Å². The second-order valence-corrected chi connectivity index (χ2v) is 4.59. The fraction of sp³-hybridized carbons (Fsp3) is 0.111. The summed E-state index contributed by atoms with van der Waals surface area (Å²) in [6, 6.07) is 12.3. The van der Waals surface area contributed by atoms with Crippen LogP contribution in [0.4, 0.5) is 0 Å². The Hall–Kier alpha value is -3.06. The highest BCUT2D eigenvalue weighted by Gasteiger charge is 2.13. The van der Waals surface area contributed by atoms with E-state index in [-0.39, 0.29) is 30.3 Å². The van der Waals surface area contributed by atoms with Crippen LogP contribution in [0.2, 0.25) is 0 Å². The Morgan fingerprint density at radius 2 is 1.45 bits per heavy atom. The van der Waals surface area contributed by atoms with Crippen molar-refractivity contribution in [1.29, 1.82) is 0 Å². The number of hydrogen-bond donors (Lipinski definition) is 1. The average Bonchev–Trinajstić information content (AvgIpc) is 2.54. The Kier molecular flexibility index (Phi) is 4.94. The molecule has 0 spiro atoms. The van der Waals surface area contributed by atoms with Gasteiger partial charge in [0, 0.05) is 11.1 Å². The standard InChI is InChI=1S/C18H14O4/c1-2-11-22-16-9-5-14(6-10-16)18(21)12-17(20)13-3-7-15(19)8-4-13/h1,3-10,19H,11-12H2. The van der Waals surface area contributed by atoms with Gasteiger partial charge in [0.05, 0.1) is 6.42 Å². The van der Waals surface area contributed by atoms with Crippen LogP contribution in [0.1, 0.15) is 27.1 Å². The summed E-state index contributed by atoms with van der Waals surface area (Å²) < 4.78 is 5.21. The number of hydrogen-bond acceptors (Lipinski definition) is 4. The molecule has 0 aliphatic heterocycles. The van der Waals surface area contributed by atoms with Gasteiger partial charge in [-0.2, -0.15) is 0 Å². The fourth-order valence-corrected chi connectivity index (χ4v) is 1.86. The maximum absolute atomic E-state index is 12.1. The van der Waals surface area contributed by atoms with Crippen LogP contribution in [0, 0.1) is 12.3 Å². The van der Waals surface area contributed by atoms with E-state index in [0.29, 0.717) is 16.9 Å². The Morgan fingerprint density at radius 3 is 1.95 bits per heavy atom. The van der Waals surface area contributed by atoms with Gasteiger partial charge in [0.2, 0.25) is 0 Å². The van der Waals surface area contributed by atoms with Crippen LogP contribution in [-0.2, 0) is 0 Å². The molecule has 0 atom stereocenters. The third-order valence-electron chi connectivity index (χ3n) is 3.01. The maximum atomic E-state index is 12.1. The van der Waals surface area contributed by atoms with Gasteiger partial charge in [-0.05, 0) is 48.5 Å². The number of phenols is 1. The molecule has 4 nitrogen and oxygen atoms in total. The van der Waals surface area contributed by atoms with E-state index < -0.39 is 0 Å². The molecule has 0 unspecified atom stereocenters. The average molecular weight is 294 g/mol. The van der Waals surface area contributed by atoms with Crippen LogP contribution in [0.3, 0.4) is 0 Å². The van der Waals surface area contributed by atoms with Crippen molar-refractivity contribution >= 4 is 11.6 Å². The number of phenolic OH excluding ortho intramolecular Hbond substituents is 1. The molecule has 0 saturated heterocycles. The minimum absolute atomic E-state index is 0.0745. The third-order valence-corrected chi connectivity index (χ3v) is 3.01. The molecule has 0 heterocycles. The first-order valence-corrected chi connectivity index (χ1v) is 6.62. The summed E-state index contributed by atoms with van der Waals surface area (Å²) in [6.07, 6.45) is 4.86. The number of Topliss-reactive ketones (excluding diaryl/α,β-unsaturated/α-hetero) is 2. The van der Waals surface area contributed by atoms with Crippen molar-refractivity contribution in [2.45, 2.75) is 6.42 Å². The van der Waals surface area contributed by atoms with Crippen molar-refractivity contribution in [3.63, 3.8) is 0 Å². The lowest BCUT2D eigenvalue weighted by atomic mass is 10.0. The smallest absolute Gasteiger partial charge is 0.170 e. The molecule has 2 aromatic rings. The molecule has 2 rings (SSSR count). The van der Waals surface area contributed by atoms with E-state index >= 15 is 0 Å². The zero-order valence-corrected chi connectivity index (χ0v) is 11.8. The van der Waals surface area contributed by atoms with E-state index in [1.54, 1.807) is 24.3 Å². The molecule has 0 aliphatic carbocycles. The summed E-state index contributed by atoms with van der Waals surface area (Å²) in [5.74, 6) is 2.42. The number of rotatable bonds is 6. The lowest BCUT2D eigenvalue weighted by Crippen LogP contribution is -2.08. The Bertz CT molecular complexity index is 706. The number of ether oxygens (including phenoxy) is 1. The minimum atomic E-state index is -0.294. The molecule has 0 saturated carbocycles. The summed E-state index contributed by atoms with van der Waals surface area (Å²) in [6.45, 7) is 0.159. The van der Waals surface area contributed by atoms with E-state index in [2.05, 4.69) is 5.92 Å². The molecule has 22 heavy (non-hydrogen) atoms. The number of benzene rings is 2. The van der Waals surface area contributed by atoms with E-state index in [4.69, 9.17) is 11.2 Å². The van der Waals surface area contributed by atoms with Gasteiger partial charge in [0.1, 0.15) is 18.1 Å². The first kappa shape index (κ1) is 15.3. The fourth-order valence-electron chi connectivity index (χ4n) is 1.86. The molecule has 4 heteroatoms. The first-order valence-electron chi connectivity index (χ1n) is 6.62. The lowest BCUT2D eigenvalue weighted by molar-refractivity contribution is 0.0894. The van der Waals surface area contributed by atoms with Crippen molar-refractivity contribution in [2.24, 2.45) is 0 Å². The van der Waals surface area contributed by atoms with Gasteiger partial charge >= 0.3 is 0 Å².